The summed E-state index contributed by atoms with van der Waals surface area (Å²) < 4.78 is 86.7. The smallest absolute Gasteiger partial charge is 0.426 e. The number of ether oxygens (including phenoxy) is 4. The summed E-state index contributed by atoms with van der Waals surface area (Å²) in [6, 6.07) is 0. The number of rotatable bonds is 6. The van der Waals surface area contributed by atoms with Crippen molar-refractivity contribution in [1.29, 1.82) is 0 Å². The summed E-state index contributed by atoms with van der Waals surface area (Å²) in [5, 5.41) is 0. The molecular formula is C13H13F3O10S. The molecule has 0 aliphatic carbocycles. The van der Waals surface area contributed by atoms with Crippen LogP contribution in [-0.4, -0.2) is 73.8 Å². The van der Waals surface area contributed by atoms with Crippen molar-refractivity contribution in [3.8, 4) is 0 Å². The van der Waals surface area contributed by atoms with Crippen molar-refractivity contribution in [1.82, 2.24) is 0 Å². The second kappa shape index (κ2) is 6.60. The highest BCUT2D eigenvalue weighted by atomic mass is 32.2. The van der Waals surface area contributed by atoms with Crippen molar-refractivity contribution < 1.29 is 59.5 Å². The minimum atomic E-state index is -5.26. The molecule has 0 saturated carbocycles. The molecule has 10 nitrogen and oxygen atoms in total. The maximum absolute atomic E-state index is 12.7. The van der Waals surface area contributed by atoms with Crippen LogP contribution in [-0.2, 0) is 43.4 Å². The van der Waals surface area contributed by atoms with Crippen LogP contribution in [0, 0.1) is 11.8 Å². The third kappa shape index (κ3) is 4.01. The van der Waals surface area contributed by atoms with Crippen molar-refractivity contribution in [3.05, 3.63) is 0 Å². The number of hydrogen-bond acceptors (Lipinski definition) is 9. The molecule has 0 aromatic heterocycles. The highest BCUT2D eigenvalue weighted by Crippen LogP contribution is 2.49. The largest absolute Gasteiger partial charge is 0.458 e. The number of carbonyl (C=O) groups is 3. The SMILES string of the molecule is O=C(COC(=O)C1C2CC3C(=O)OC1C3O2)OC(CS(=O)(=O)O)C(F)(F)F. The van der Waals surface area contributed by atoms with Crippen LogP contribution in [0.2, 0.25) is 0 Å². The highest BCUT2D eigenvalue weighted by molar-refractivity contribution is 7.85. The monoisotopic (exact) mass is 418 g/mol. The molecule has 3 rings (SSSR count). The zero-order chi connectivity index (χ0) is 20.1. The summed E-state index contributed by atoms with van der Waals surface area (Å²) in [5.41, 5.74) is 0. The van der Waals surface area contributed by atoms with E-state index in [1.165, 1.54) is 0 Å². The van der Waals surface area contributed by atoms with E-state index in [4.69, 9.17) is 14.0 Å². The molecule has 2 bridgehead atoms. The zero-order valence-corrected chi connectivity index (χ0v) is 14.1. The molecule has 0 amide bonds. The number of esters is 3. The fourth-order valence-electron chi connectivity index (χ4n) is 3.37. The summed E-state index contributed by atoms with van der Waals surface area (Å²) >= 11 is 0. The first-order chi connectivity index (χ1) is 12.4. The predicted molar refractivity (Wildman–Crippen MR) is 73.4 cm³/mol. The molecule has 3 heterocycles. The van der Waals surface area contributed by atoms with Gasteiger partial charge in [-0.15, -0.1) is 0 Å². The second-order valence-corrected chi connectivity index (χ2v) is 7.78. The lowest BCUT2D eigenvalue weighted by Crippen LogP contribution is -2.41. The van der Waals surface area contributed by atoms with Gasteiger partial charge in [0.05, 0.1) is 12.0 Å². The van der Waals surface area contributed by atoms with E-state index < -0.39 is 82.8 Å². The molecule has 3 aliphatic rings. The Morgan fingerprint density at radius 2 is 1.96 bits per heavy atom. The number of carbonyl (C=O) groups excluding carboxylic acids is 3. The quantitative estimate of drug-likeness (QED) is 0.332. The number of alkyl halides is 3. The van der Waals surface area contributed by atoms with E-state index in [2.05, 4.69) is 9.47 Å². The molecule has 14 heteroatoms. The summed E-state index contributed by atoms with van der Waals surface area (Å²) in [6.45, 7) is -1.23. The van der Waals surface area contributed by atoms with Gasteiger partial charge in [-0.25, -0.2) is 4.79 Å². The lowest BCUT2D eigenvalue weighted by Gasteiger charge is -2.21. The van der Waals surface area contributed by atoms with Gasteiger partial charge < -0.3 is 18.9 Å². The maximum Gasteiger partial charge on any atom is 0.426 e. The Labute approximate surface area is 149 Å². The van der Waals surface area contributed by atoms with Crippen molar-refractivity contribution in [2.45, 2.75) is 37.0 Å². The Bertz CT molecular complexity index is 763. The molecule has 0 aromatic rings. The van der Waals surface area contributed by atoms with Gasteiger partial charge in [-0.3, -0.25) is 14.1 Å². The molecule has 6 unspecified atom stereocenters. The molecule has 0 aromatic carbocycles. The predicted octanol–water partition coefficient (Wildman–Crippen LogP) is -0.780. The van der Waals surface area contributed by atoms with Gasteiger partial charge in [0, 0.05) is 0 Å². The van der Waals surface area contributed by atoms with Gasteiger partial charge >= 0.3 is 24.1 Å². The van der Waals surface area contributed by atoms with Crippen molar-refractivity contribution in [3.63, 3.8) is 0 Å². The van der Waals surface area contributed by atoms with Gasteiger partial charge in [-0.05, 0) is 6.42 Å². The zero-order valence-electron chi connectivity index (χ0n) is 13.2. The van der Waals surface area contributed by atoms with Crippen LogP contribution in [0.5, 0.6) is 0 Å². The van der Waals surface area contributed by atoms with Crippen LogP contribution >= 0.6 is 0 Å². The minimum Gasteiger partial charge on any atom is -0.458 e. The van der Waals surface area contributed by atoms with Crippen LogP contribution in [0.3, 0.4) is 0 Å². The van der Waals surface area contributed by atoms with Crippen LogP contribution in [0.25, 0.3) is 0 Å². The molecule has 1 N–H and O–H groups in total. The maximum atomic E-state index is 12.7. The van der Waals surface area contributed by atoms with E-state index in [1.54, 1.807) is 0 Å². The first-order valence-electron chi connectivity index (χ1n) is 7.61. The van der Waals surface area contributed by atoms with E-state index in [0.717, 1.165) is 0 Å². The average Bonchev–Trinajstić information content (AvgIpc) is 3.12. The molecule has 0 spiro atoms. The fraction of sp³-hybridized carbons (Fsp3) is 0.769. The molecular weight excluding hydrogens is 405 g/mol. The Morgan fingerprint density at radius 1 is 1.30 bits per heavy atom. The van der Waals surface area contributed by atoms with E-state index in [-0.39, 0.29) is 6.42 Å². The molecule has 27 heavy (non-hydrogen) atoms. The standard InChI is InChI=1S/C13H13F3O10S/c14-13(15,16)6(3-27(20,21)22)25-7(17)2-23-12(19)8-5-1-4-9(24-5)10(8)26-11(4)18/h4-6,8-10H,1-3H2,(H,20,21,22). The van der Waals surface area contributed by atoms with Crippen molar-refractivity contribution in [2.75, 3.05) is 12.4 Å². The lowest BCUT2D eigenvalue weighted by atomic mass is 9.82. The van der Waals surface area contributed by atoms with E-state index in [1.807, 2.05) is 0 Å². The first-order valence-corrected chi connectivity index (χ1v) is 9.21. The Morgan fingerprint density at radius 3 is 2.56 bits per heavy atom. The van der Waals surface area contributed by atoms with Crippen LogP contribution in [0.4, 0.5) is 13.2 Å². The second-order valence-electron chi connectivity index (χ2n) is 6.29. The number of halogens is 3. The lowest BCUT2D eigenvalue weighted by molar-refractivity contribution is -0.217. The van der Waals surface area contributed by atoms with Gasteiger partial charge in [0.15, 0.2) is 6.61 Å². The number of fused-ring (bicyclic) bond motifs is 1. The van der Waals surface area contributed by atoms with Crippen molar-refractivity contribution >= 4 is 28.0 Å². The first kappa shape index (κ1) is 19.8. The topological polar surface area (TPSA) is 142 Å². The minimum absolute atomic E-state index is 0.231. The summed E-state index contributed by atoms with van der Waals surface area (Å²) in [6.07, 6.45) is -10.3. The summed E-state index contributed by atoms with van der Waals surface area (Å²) in [7, 11) is -5.08. The molecule has 3 saturated heterocycles. The van der Waals surface area contributed by atoms with Crippen LogP contribution < -0.4 is 0 Å². The molecule has 152 valence electrons. The Kier molecular flexibility index (Phi) is 4.84. The summed E-state index contributed by atoms with van der Waals surface area (Å²) in [4.78, 5) is 35.1. The third-order valence-corrected chi connectivity index (χ3v) is 5.18. The average molecular weight is 418 g/mol. The van der Waals surface area contributed by atoms with E-state index in [0.29, 0.717) is 0 Å². The van der Waals surface area contributed by atoms with Gasteiger partial charge in [0.1, 0.15) is 23.9 Å². The molecule has 0 radical (unpaired) electrons. The van der Waals surface area contributed by atoms with Gasteiger partial charge in [0.25, 0.3) is 10.1 Å². The van der Waals surface area contributed by atoms with Gasteiger partial charge in [-0.2, -0.15) is 21.6 Å². The Hall–Kier alpha value is -1.93. The summed E-state index contributed by atoms with van der Waals surface area (Å²) in [5.74, 6) is -6.57. The normalized spacial score (nSPS) is 32.9. The van der Waals surface area contributed by atoms with Crippen molar-refractivity contribution in [2.24, 2.45) is 11.8 Å². The van der Waals surface area contributed by atoms with Crippen LogP contribution in [0.1, 0.15) is 6.42 Å². The molecule has 6 atom stereocenters. The fourth-order valence-corrected chi connectivity index (χ4v) is 4.01. The van der Waals surface area contributed by atoms with Crippen LogP contribution in [0.15, 0.2) is 0 Å². The van der Waals surface area contributed by atoms with Gasteiger partial charge in [-0.1, -0.05) is 0 Å². The number of hydrogen-bond donors (Lipinski definition) is 1. The molecule has 3 fully saturated rings. The highest BCUT2D eigenvalue weighted by Gasteiger charge is 2.66. The Balaban J connectivity index is 1.54. The van der Waals surface area contributed by atoms with E-state index in [9.17, 15) is 36.0 Å². The third-order valence-electron chi connectivity index (χ3n) is 4.45. The van der Waals surface area contributed by atoms with Gasteiger partial charge in [0.2, 0.25) is 6.10 Å². The van der Waals surface area contributed by atoms with E-state index >= 15 is 0 Å². The molecule has 3 aliphatic heterocycles.